The molecule has 0 fully saturated rings. The maximum atomic E-state index is 12.4. The second-order valence-electron chi connectivity index (χ2n) is 4.16. The first-order chi connectivity index (χ1) is 9.13. The third-order valence-electron chi connectivity index (χ3n) is 2.90. The van der Waals surface area contributed by atoms with Gasteiger partial charge in [-0.05, 0) is 37.3 Å². The summed E-state index contributed by atoms with van der Waals surface area (Å²) >= 11 is 0. The highest BCUT2D eigenvalue weighted by Gasteiger charge is 2.16. The summed E-state index contributed by atoms with van der Waals surface area (Å²) in [7, 11) is 1.69. The Morgan fingerprint density at radius 1 is 1.32 bits per heavy atom. The zero-order chi connectivity index (χ0) is 13.8. The van der Waals surface area contributed by atoms with E-state index < -0.39 is 0 Å². The molecule has 0 atom stereocenters. The summed E-state index contributed by atoms with van der Waals surface area (Å²) in [4.78, 5) is 18.0. The van der Waals surface area contributed by atoms with E-state index in [-0.39, 0.29) is 5.91 Å². The molecule has 0 bridgehead atoms. The molecule has 0 spiro atoms. The lowest BCUT2D eigenvalue weighted by Crippen LogP contribution is -2.27. The fourth-order valence-corrected chi connectivity index (χ4v) is 1.79. The van der Waals surface area contributed by atoms with E-state index in [1.54, 1.807) is 56.6 Å². The Morgan fingerprint density at radius 2 is 2.11 bits per heavy atom. The molecular formula is C15H13N3O. The van der Waals surface area contributed by atoms with Crippen LogP contribution < -0.4 is 4.90 Å². The molecule has 0 saturated carbocycles. The van der Waals surface area contributed by atoms with Gasteiger partial charge in [0.25, 0.3) is 5.91 Å². The highest BCUT2D eigenvalue weighted by molar-refractivity contribution is 6.06. The number of rotatable bonds is 2. The normalized spacial score (nSPS) is 9.74. The quantitative estimate of drug-likeness (QED) is 0.824. The summed E-state index contributed by atoms with van der Waals surface area (Å²) in [5.74, 6) is -0.138. The highest BCUT2D eigenvalue weighted by atomic mass is 16.2. The number of carbonyl (C=O) groups is 1. The van der Waals surface area contributed by atoms with Crippen molar-refractivity contribution < 1.29 is 4.79 Å². The molecular weight excluding hydrogens is 238 g/mol. The first-order valence-electron chi connectivity index (χ1n) is 5.83. The van der Waals surface area contributed by atoms with Crippen molar-refractivity contribution in [1.82, 2.24) is 4.98 Å². The molecule has 4 heteroatoms. The monoisotopic (exact) mass is 251 g/mol. The number of hydrogen-bond acceptors (Lipinski definition) is 3. The third-order valence-corrected chi connectivity index (χ3v) is 2.90. The zero-order valence-electron chi connectivity index (χ0n) is 10.8. The summed E-state index contributed by atoms with van der Waals surface area (Å²) in [6, 6.07) is 12.5. The van der Waals surface area contributed by atoms with Gasteiger partial charge >= 0.3 is 0 Å². The van der Waals surface area contributed by atoms with Crippen LogP contribution in [-0.4, -0.2) is 17.9 Å². The molecule has 2 rings (SSSR count). The van der Waals surface area contributed by atoms with Crippen molar-refractivity contribution in [3.8, 4) is 6.07 Å². The Labute approximate surface area is 111 Å². The van der Waals surface area contributed by atoms with E-state index in [2.05, 4.69) is 11.1 Å². The van der Waals surface area contributed by atoms with Gasteiger partial charge in [-0.2, -0.15) is 5.26 Å². The maximum absolute atomic E-state index is 12.4. The minimum Gasteiger partial charge on any atom is -0.311 e. The second kappa shape index (κ2) is 5.32. The summed E-state index contributed by atoms with van der Waals surface area (Å²) in [5, 5.41) is 8.88. The molecule has 0 saturated heterocycles. The Kier molecular flexibility index (Phi) is 3.58. The zero-order valence-corrected chi connectivity index (χ0v) is 10.8. The molecule has 0 aliphatic rings. The molecule has 1 aromatic heterocycles. The van der Waals surface area contributed by atoms with Crippen molar-refractivity contribution in [1.29, 1.82) is 5.26 Å². The summed E-state index contributed by atoms with van der Waals surface area (Å²) < 4.78 is 0. The Bertz CT molecular complexity index is 658. The molecule has 4 nitrogen and oxygen atoms in total. The summed E-state index contributed by atoms with van der Waals surface area (Å²) in [6.07, 6.45) is 1.66. The lowest BCUT2D eigenvalue weighted by atomic mass is 10.1. The molecule has 0 aliphatic carbocycles. The van der Waals surface area contributed by atoms with Gasteiger partial charge in [0.1, 0.15) is 0 Å². The first kappa shape index (κ1) is 12.8. The van der Waals surface area contributed by atoms with Crippen LogP contribution in [0.15, 0.2) is 42.6 Å². The van der Waals surface area contributed by atoms with Crippen molar-refractivity contribution in [2.45, 2.75) is 6.92 Å². The van der Waals surface area contributed by atoms with Crippen LogP contribution in [0, 0.1) is 18.3 Å². The van der Waals surface area contributed by atoms with E-state index in [4.69, 9.17) is 5.26 Å². The SMILES string of the molecule is Cc1ncccc1C(=O)N(C)c1cccc(C#N)c1. The lowest BCUT2D eigenvalue weighted by molar-refractivity contribution is 0.0992. The van der Waals surface area contributed by atoms with Gasteiger partial charge in [-0.15, -0.1) is 0 Å². The molecule has 2 aromatic rings. The average Bonchev–Trinajstić information content (AvgIpc) is 2.46. The summed E-state index contributed by atoms with van der Waals surface area (Å²) in [6.45, 7) is 1.80. The Balaban J connectivity index is 2.34. The van der Waals surface area contributed by atoms with Gasteiger partial charge < -0.3 is 4.90 Å². The highest BCUT2D eigenvalue weighted by Crippen LogP contribution is 2.17. The summed E-state index contributed by atoms with van der Waals surface area (Å²) in [5.41, 5.74) is 2.47. The van der Waals surface area contributed by atoms with E-state index in [1.165, 1.54) is 4.90 Å². The average molecular weight is 251 g/mol. The number of hydrogen-bond donors (Lipinski definition) is 0. The molecule has 0 N–H and O–H groups in total. The lowest BCUT2D eigenvalue weighted by Gasteiger charge is -2.18. The minimum absolute atomic E-state index is 0.138. The first-order valence-corrected chi connectivity index (χ1v) is 5.83. The van der Waals surface area contributed by atoms with Crippen molar-refractivity contribution in [3.63, 3.8) is 0 Å². The van der Waals surface area contributed by atoms with E-state index in [0.717, 1.165) is 0 Å². The molecule has 0 unspecified atom stereocenters. The van der Waals surface area contributed by atoms with Crippen molar-refractivity contribution >= 4 is 11.6 Å². The number of amides is 1. The van der Waals surface area contributed by atoms with Gasteiger partial charge in [-0.1, -0.05) is 6.07 Å². The number of nitrogens with zero attached hydrogens (tertiary/aromatic N) is 3. The van der Waals surface area contributed by atoms with Gasteiger partial charge in [-0.3, -0.25) is 9.78 Å². The number of carbonyl (C=O) groups excluding carboxylic acids is 1. The predicted molar refractivity (Wildman–Crippen MR) is 72.9 cm³/mol. The number of aromatic nitrogens is 1. The topological polar surface area (TPSA) is 57.0 Å². The van der Waals surface area contributed by atoms with E-state index in [0.29, 0.717) is 22.5 Å². The van der Waals surface area contributed by atoms with Gasteiger partial charge in [0.15, 0.2) is 0 Å². The van der Waals surface area contributed by atoms with Crippen LogP contribution in [0.1, 0.15) is 21.6 Å². The molecule has 19 heavy (non-hydrogen) atoms. The number of benzene rings is 1. The van der Waals surface area contributed by atoms with Crippen LogP contribution in [-0.2, 0) is 0 Å². The van der Waals surface area contributed by atoms with Crippen LogP contribution in [0.25, 0.3) is 0 Å². The maximum Gasteiger partial charge on any atom is 0.259 e. The van der Waals surface area contributed by atoms with Gasteiger partial charge in [0.2, 0.25) is 0 Å². The van der Waals surface area contributed by atoms with Crippen molar-refractivity contribution in [2.24, 2.45) is 0 Å². The molecule has 0 aliphatic heterocycles. The number of pyridine rings is 1. The molecule has 1 amide bonds. The third kappa shape index (κ3) is 2.61. The van der Waals surface area contributed by atoms with Gasteiger partial charge in [0, 0.05) is 24.6 Å². The smallest absolute Gasteiger partial charge is 0.259 e. The molecule has 1 heterocycles. The number of nitriles is 1. The minimum atomic E-state index is -0.138. The van der Waals surface area contributed by atoms with Crippen molar-refractivity contribution in [2.75, 3.05) is 11.9 Å². The van der Waals surface area contributed by atoms with E-state index in [9.17, 15) is 4.79 Å². The van der Waals surface area contributed by atoms with E-state index >= 15 is 0 Å². The van der Waals surface area contributed by atoms with Crippen LogP contribution in [0.2, 0.25) is 0 Å². The van der Waals surface area contributed by atoms with Crippen LogP contribution in [0.5, 0.6) is 0 Å². The van der Waals surface area contributed by atoms with Crippen LogP contribution in [0.4, 0.5) is 5.69 Å². The predicted octanol–water partition coefficient (Wildman–Crippen LogP) is 2.54. The Hall–Kier alpha value is -2.67. The van der Waals surface area contributed by atoms with E-state index in [1.807, 2.05) is 0 Å². The van der Waals surface area contributed by atoms with Gasteiger partial charge in [-0.25, -0.2) is 0 Å². The number of aryl methyl sites for hydroxylation is 1. The molecule has 94 valence electrons. The standard InChI is InChI=1S/C15H13N3O/c1-11-14(7-4-8-17-11)15(19)18(2)13-6-3-5-12(9-13)10-16/h3-9H,1-2H3. The Morgan fingerprint density at radius 3 is 2.79 bits per heavy atom. The van der Waals surface area contributed by atoms with Crippen molar-refractivity contribution in [3.05, 3.63) is 59.4 Å². The van der Waals surface area contributed by atoms with Crippen LogP contribution in [0.3, 0.4) is 0 Å². The fourth-order valence-electron chi connectivity index (χ4n) is 1.79. The second-order valence-corrected chi connectivity index (χ2v) is 4.16. The van der Waals surface area contributed by atoms with Gasteiger partial charge in [0.05, 0.1) is 17.2 Å². The molecule has 1 aromatic carbocycles. The largest absolute Gasteiger partial charge is 0.311 e. The van der Waals surface area contributed by atoms with Crippen LogP contribution >= 0.6 is 0 Å². The fraction of sp³-hybridized carbons (Fsp3) is 0.133. The molecule has 0 radical (unpaired) electrons. The number of anilines is 1.